The average Bonchev–Trinajstić information content (AvgIpc) is 2.72. The van der Waals surface area contributed by atoms with E-state index in [9.17, 15) is 52.3 Å². The summed E-state index contributed by atoms with van der Waals surface area (Å²) in [5.74, 6) is 0. The monoisotopic (exact) mass is 582 g/mol. The number of alkyl halides is 6. The van der Waals surface area contributed by atoms with Crippen LogP contribution in [0.5, 0.6) is 0 Å². The van der Waals surface area contributed by atoms with E-state index >= 15 is 0 Å². The van der Waals surface area contributed by atoms with Crippen molar-refractivity contribution in [2.24, 2.45) is 0 Å². The number of rotatable bonds is 5. The Hall–Kier alpha value is -1.51. The zero-order valence-corrected chi connectivity index (χ0v) is 22.4. The molecule has 0 aromatic heterocycles. The van der Waals surface area contributed by atoms with E-state index in [0.29, 0.717) is 12.1 Å². The molecule has 0 aliphatic rings. The van der Waals surface area contributed by atoms with Crippen LogP contribution in [-0.4, -0.2) is 25.9 Å². The van der Waals surface area contributed by atoms with Gasteiger partial charge in [-0.15, -0.1) is 0 Å². The molecule has 3 aromatic rings. The van der Waals surface area contributed by atoms with Crippen LogP contribution in [0.4, 0.5) is 26.3 Å². The molecule has 2 N–H and O–H groups in total. The minimum absolute atomic E-state index is 0. The topological polar surface area (TPSA) is 109 Å². The molecule has 0 aliphatic heterocycles. The number of halogens is 6. The third-order valence-electron chi connectivity index (χ3n) is 4.58. The van der Waals surface area contributed by atoms with Gasteiger partial charge in [-0.05, 0) is 66.3 Å². The summed E-state index contributed by atoms with van der Waals surface area (Å²) in [7, 11) is -12.1. The van der Waals surface area contributed by atoms with Gasteiger partial charge in [0.2, 0.25) is 0 Å². The summed E-state index contributed by atoms with van der Waals surface area (Å²) >= 11 is 0. The quantitative estimate of drug-likeness (QED) is 0.202. The Kier molecular flexibility index (Phi) is 9.13. The second kappa shape index (κ2) is 10.7. The Balaban J connectivity index is 0.00000342. The van der Waals surface area contributed by atoms with Crippen LogP contribution in [0.2, 0.25) is 0 Å². The summed E-state index contributed by atoms with van der Waals surface area (Å²) in [5.41, 5.74) is -3.27. The molecule has 0 saturated heterocycles. The molecule has 0 fully saturated rings. The zero-order valence-electron chi connectivity index (χ0n) is 18.9. The molecule has 0 radical (unpaired) electrons. The molecule has 0 atom stereocenters. The summed E-state index contributed by atoms with van der Waals surface area (Å²) in [5, 5.41) is -0.771. The number of hydrogen-bond donors (Lipinski definition) is 2. The van der Waals surface area contributed by atoms with E-state index in [0.717, 1.165) is 36.4 Å². The first-order valence-corrected chi connectivity index (χ1v) is 13.3. The van der Waals surface area contributed by atoms with Gasteiger partial charge in [0.15, 0.2) is 0 Å². The van der Waals surface area contributed by atoms with Crippen molar-refractivity contribution in [1.29, 1.82) is 0 Å². The normalized spacial score (nSPS) is 12.9. The van der Waals surface area contributed by atoms with E-state index in [1.807, 2.05) is 0 Å². The zero-order chi connectivity index (χ0) is 26.4. The van der Waals surface area contributed by atoms with Crippen LogP contribution < -0.4 is 45.5 Å². The molecule has 0 spiro atoms. The van der Waals surface area contributed by atoms with Gasteiger partial charge in [0, 0.05) is 0 Å². The molecule has 0 unspecified atom stereocenters. The van der Waals surface area contributed by atoms with E-state index < -0.39 is 66.7 Å². The first-order chi connectivity index (χ1) is 15.9. The minimum Gasteiger partial charge on any atom is -1.00 e. The fourth-order valence-corrected chi connectivity index (χ4v) is 6.75. The minimum atomic E-state index is -5.18. The van der Waals surface area contributed by atoms with Crippen molar-refractivity contribution in [1.82, 2.24) is 0 Å². The Bertz CT molecular complexity index is 1390. The van der Waals surface area contributed by atoms with Gasteiger partial charge in [0.25, 0.3) is 20.2 Å². The molecule has 6 nitrogen and oxygen atoms in total. The Morgan fingerprint density at radius 3 is 1.28 bits per heavy atom. The van der Waals surface area contributed by atoms with Crippen molar-refractivity contribution in [3.05, 3.63) is 77.9 Å². The maximum absolute atomic E-state index is 13.5. The van der Waals surface area contributed by atoms with Crippen LogP contribution in [0.3, 0.4) is 0 Å². The van der Waals surface area contributed by atoms with Crippen molar-refractivity contribution in [2.75, 3.05) is 0 Å². The first-order valence-electron chi connectivity index (χ1n) is 9.12. The van der Waals surface area contributed by atoms with Crippen molar-refractivity contribution in [3.8, 4) is 0 Å². The molecule has 0 amide bonds. The van der Waals surface area contributed by atoms with E-state index in [2.05, 4.69) is 0 Å². The fraction of sp³-hybridized carbons (Fsp3) is 0.100. The second-order valence-electron chi connectivity index (χ2n) is 7.04. The summed E-state index contributed by atoms with van der Waals surface area (Å²) in [6.45, 7) is 0. The van der Waals surface area contributed by atoms with Crippen molar-refractivity contribution >= 4 is 44.1 Å². The van der Waals surface area contributed by atoms with Gasteiger partial charge in [-0.25, -0.2) is 0 Å². The summed E-state index contributed by atoms with van der Waals surface area (Å²) < 4.78 is 146. The van der Waals surface area contributed by atoms with Crippen LogP contribution in [0.1, 0.15) is 12.6 Å². The molecular formula is C20H14F6NaO6PS2. The number of benzene rings is 3. The molecule has 16 heteroatoms. The summed E-state index contributed by atoms with van der Waals surface area (Å²) in [6, 6.07) is 9.05. The average molecular weight is 582 g/mol. The Morgan fingerprint density at radius 1 is 0.611 bits per heavy atom. The van der Waals surface area contributed by atoms with Gasteiger partial charge < -0.3 is 1.43 Å². The van der Waals surface area contributed by atoms with Crippen LogP contribution in [-0.2, 0) is 32.6 Å². The van der Waals surface area contributed by atoms with Crippen LogP contribution >= 0.6 is 7.92 Å². The van der Waals surface area contributed by atoms with Gasteiger partial charge in [0.1, 0.15) is 0 Å². The van der Waals surface area contributed by atoms with Gasteiger partial charge in [-0.1, -0.05) is 24.3 Å². The second-order valence-corrected chi connectivity index (χ2v) is 12.1. The maximum Gasteiger partial charge on any atom is 1.00 e. The predicted molar refractivity (Wildman–Crippen MR) is 116 cm³/mol. The van der Waals surface area contributed by atoms with E-state index in [1.54, 1.807) is 0 Å². The van der Waals surface area contributed by atoms with E-state index in [4.69, 9.17) is 0 Å². The molecule has 0 heterocycles. The predicted octanol–water partition coefficient (Wildman–Crippen LogP) is 1.09. The Labute approximate surface area is 226 Å². The number of hydrogen-bond acceptors (Lipinski definition) is 4. The van der Waals surface area contributed by atoms with Gasteiger partial charge in [-0.3, -0.25) is 9.11 Å². The van der Waals surface area contributed by atoms with Crippen molar-refractivity contribution < 1.29 is 83.3 Å². The summed E-state index contributed by atoms with van der Waals surface area (Å²) in [6.07, 6.45) is -10.4. The third-order valence-corrected chi connectivity index (χ3v) is 8.64. The molecule has 0 aliphatic carbocycles. The first kappa shape index (κ1) is 30.7. The molecule has 36 heavy (non-hydrogen) atoms. The Morgan fingerprint density at radius 2 is 0.972 bits per heavy atom. The molecule has 0 bridgehead atoms. The van der Waals surface area contributed by atoms with Crippen LogP contribution in [0.15, 0.2) is 76.5 Å². The molecular weight excluding hydrogens is 568 g/mol. The molecule has 3 aromatic carbocycles. The van der Waals surface area contributed by atoms with Gasteiger partial charge in [-0.2, -0.15) is 43.2 Å². The smallest absolute Gasteiger partial charge is 1.00 e. The third kappa shape index (κ3) is 7.29. The largest absolute Gasteiger partial charge is 1.00 e. The standard InChI is InChI=1S/C20H13F6O6PS2.Na.H/c21-19(22,23)12-7-13(20(24,25)26)9-16(8-12)33(14-3-1-5-17(10-14)34(27,28)29)15-4-2-6-18(11-15)35(30,31)32;;/h1-11H,(H,27,28,29)(H,30,31,32);;/q;+1;-1. The van der Waals surface area contributed by atoms with E-state index in [-0.39, 0.29) is 47.7 Å². The van der Waals surface area contributed by atoms with Crippen LogP contribution in [0.25, 0.3) is 0 Å². The summed E-state index contributed by atoms with van der Waals surface area (Å²) in [4.78, 5) is -1.37. The van der Waals surface area contributed by atoms with Gasteiger partial charge in [0.05, 0.1) is 20.9 Å². The van der Waals surface area contributed by atoms with Crippen molar-refractivity contribution in [2.45, 2.75) is 22.1 Å². The van der Waals surface area contributed by atoms with Crippen LogP contribution in [0, 0.1) is 0 Å². The van der Waals surface area contributed by atoms with Gasteiger partial charge >= 0.3 is 41.9 Å². The van der Waals surface area contributed by atoms with E-state index in [1.165, 1.54) is 12.1 Å². The maximum atomic E-state index is 13.5. The fourth-order valence-electron chi connectivity index (χ4n) is 3.08. The molecule has 190 valence electrons. The molecule has 0 saturated carbocycles. The van der Waals surface area contributed by atoms with Crippen molar-refractivity contribution in [3.63, 3.8) is 0 Å². The molecule has 3 rings (SSSR count). The SMILES string of the molecule is O=S(=O)(O)c1cccc(P(c2cc(C(F)(F)F)cc(C(F)(F)F)c2)c2cccc(S(=O)(=O)O)c2)c1.[H-].[Na+].